The summed E-state index contributed by atoms with van der Waals surface area (Å²) in [4.78, 5) is 11.1. The van der Waals surface area contributed by atoms with Crippen LogP contribution in [0.3, 0.4) is 0 Å². The molecule has 1 aromatic carbocycles. The molecule has 23 heavy (non-hydrogen) atoms. The summed E-state index contributed by atoms with van der Waals surface area (Å²) in [7, 11) is 0. The SMILES string of the molecule is CCOC(=O)C=CC=CC=CC1=Cc2cc(C)cc(C)c2OC1. The van der Waals surface area contributed by atoms with Crippen molar-refractivity contribution in [2.45, 2.75) is 20.8 Å². The normalized spacial score (nSPS) is 14.1. The minimum atomic E-state index is -0.327. The number of carbonyl (C=O) groups excluding carboxylic acids is 1. The van der Waals surface area contributed by atoms with Crippen LogP contribution in [0.2, 0.25) is 0 Å². The Kier molecular flexibility index (Phi) is 5.98. The lowest BCUT2D eigenvalue weighted by Crippen LogP contribution is -2.07. The van der Waals surface area contributed by atoms with E-state index in [0.29, 0.717) is 13.2 Å². The van der Waals surface area contributed by atoms with Crippen LogP contribution in [0.4, 0.5) is 0 Å². The number of hydrogen-bond donors (Lipinski definition) is 0. The van der Waals surface area contributed by atoms with Crippen molar-refractivity contribution in [1.29, 1.82) is 0 Å². The maximum absolute atomic E-state index is 11.1. The number of fused-ring (bicyclic) bond motifs is 1. The third kappa shape index (κ3) is 4.99. The van der Waals surface area contributed by atoms with Crippen LogP contribution in [0.5, 0.6) is 5.75 Å². The van der Waals surface area contributed by atoms with Crippen LogP contribution in [0, 0.1) is 13.8 Å². The van der Waals surface area contributed by atoms with Crippen molar-refractivity contribution in [2.24, 2.45) is 0 Å². The van der Waals surface area contributed by atoms with E-state index in [2.05, 4.69) is 32.1 Å². The van der Waals surface area contributed by atoms with E-state index >= 15 is 0 Å². The minimum Gasteiger partial charge on any atom is -0.488 e. The van der Waals surface area contributed by atoms with E-state index in [1.165, 1.54) is 17.2 Å². The smallest absolute Gasteiger partial charge is 0.330 e. The molecule has 120 valence electrons. The fourth-order valence-corrected chi connectivity index (χ4v) is 2.42. The number of benzene rings is 1. The van der Waals surface area contributed by atoms with Gasteiger partial charge in [0.2, 0.25) is 0 Å². The zero-order valence-corrected chi connectivity index (χ0v) is 13.8. The largest absolute Gasteiger partial charge is 0.488 e. The van der Waals surface area contributed by atoms with Gasteiger partial charge < -0.3 is 9.47 Å². The standard InChI is InChI=1S/C20H22O3/c1-4-22-19(21)10-8-6-5-7-9-17-13-18-12-15(2)11-16(3)20(18)23-14-17/h5-13H,4,14H2,1-3H3. The van der Waals surface area contributed by atoms with Gasteiger partial charge >= 0.3 is 5.97 Å². The van der Waals surface area contributed by atoms with E-state index in [4.69, 9.17) is 9.47 Å². The Bertz CT molecular complexity index is 691. The van der Waals surface area contributed by atoms with Crippen molar-refractivity contribution >= 4 is 12.0 Å². The van der Waals surface area contributed by atoms with Crippen LogP contribution in [0.25, 0.3) is 6.08 Å². The Labute approximate surface area is 137 Å². The Morgan fingerprint density at radius 2 is 2.00 bits per heavy atom. The first-order valence-corrected chi connectivity index (χ1v) is 7.73. The number of rotatable bonds is 5. The molecular weight excluding hydrogens is 288 g/mol. The van der Waals surface area contributed by atoms with Crippen molar-refractivity contribution < 1.29 is 14.3 Å². The third-order valence-corrected chi connectivity index (χ3v) is 3.33. The van der Waals surface area contributed by atoms with Gasteiger partial charge in [-0.2, -0.15) is 0 Å². The molecule has 3 heteroatoms. The third-order valence-electron chi connectivity index (χ3n) is 3.33. The highest BCUT2D eigenvalue weighted by Gasteiger charge is 2.12. The van der Waals surface area contributed by atoms with Crippen molar-refractivity contribution in [3.05, 3.63) is 70.9 Å². The summed E-state index contributed by atoms with van der Waals surface area (Å²) in [6.07, 6.45) is 12.8. The van der Waals surface area contributed by atoms with Gasteiger partial charge in [0.1, 0.15) is 12.4 Å². The van der Waals surface area contributed by atoms with Crippen molar-refractivity contribution in [3.8, 4) is 5.75 Å². The van der Waals surface area contributed by atoms with Gasteiger partial charge in [-0.3, -0.25) is 0 Å². The highest BCUT2D eigenvalue weighted by molar-refractivity contribution is 5.82. The van der Waals surface area contributed by atoms with E-state index in [9.17, 15) is 4.79 Å². The van der Waals surface area contributed by atoms with Gasteiger partial charge in [0.05, 0.1) is 6.61 Å². The summed E-state index contributed by atoms with van der Waals surface area (Å²) in [6, 6.07) is 4.26. The molecule has 0 atom stereocenters. The maximum atomic E-state index is 11.1. The van der Waals surface area contributed by atoms with E-state index in [0.717, 1.165) is 16.9 Å². The summed E-state index contributed by atoms with van der Waals surface area (Å²) >= 11 is 0. The topological polar surface area (TPSA) is 35.5 Å². The van der Waals surface area contributed by atoms with E-state index < -0.39 is 0 Å². The van der Waals surface area contributed by atoms with Gasteiger partial charge in [0, 0.05) is 11.6 Å². The Morgan fingerprint density at radius 1 is 1.22 bits per heavy atom. The molecule has 3 nitrogen and oxygen atoms in total. The predicted octanol–water partition coefficient (Wildman–Crippen LogP) is 4.31. The zero-order chi connectivity index (χ0) is 16.7. The number of allylic oxidation sites excluding steroid dienone is 4. The quantitative estimate of drug-likeness (QED) is 0.462. The number of ether oxygens (including phenoxy) is 2. The van der Waals surface area contributed by atoms with Gasteiger partial charge in [0.15, 0.2) is 0 Å². The van der Waals surface area contributed by atoms with Crippen molar-refractivity contribution in [2.75, 3.05) is 13.2 Å². The molecule has 1 aromatic rings. The summed E-state index contributed by atoms with van der Waals surface area (Å²) in [5.74, 6) is 0.646. The van der Waals surface area contributed by atoms with Crippen LogP contribution < -0.4 is 4.74 Å². The van der Waals surface area contributed by atoms with Crippen LogP contribution >= 0.6 is 0 Å². The molecule has 0 fully saturated rings. The average molecular weight is 310 g/mol. The molecule has 0 aliphatic carbocycles. The Balaban J connectivity index is 1.98. The minimum absolute atomic E-state index is 0.327. The lowest BCUT2D eigenvalue weighted by atomic mass is 10.0. The van der Waals surface area contributed by atoms with Gasteiger partial charge in [-0.15, -0.1) is 0 Å². The van der Waals surface area contributed by atoms with Gasteiger partial charge in [-0.05, 0) is 44.1 Å². The molecule has 0 aromatic heterocycles. The molecule has 1 aliphatic heterocycles. The molecule has 0 amide bonds. The highest BCUT2D eigenvalue weighted by Crippen LogP contribution is 2.31. The first-order valence-electron chi connectivity index (χ1n) is 7.73. The van der Waals surface area contributed by atoms with Crippen molar-refractivity contribution in [1.82, 2.24) is 0 Å². The van der Waals surface area contributed by atoms with Crippen LogP contribution in [0.15, 0.2) is 54.2 Å². The number of hydrogen-bond acceptors (Lipinski definition) is 3. The fourth-order valence-electron chi connectivity index (χ4n) is 2.42. The first kappa shape index (κ1) is 16.8. The van der Waals surface area contributed by atoms with Crippen LogP contribution in [-0.4, -0.2) is 19.2 Å². The molecule has 0 unspecified atom stereocenters. The molecule has 0 saturated heterocycles. The number of carbonyl (C=O) groups is 1. The second-order valence-electron chi connectivity index (χ2n) is 5.36. The summed E-state index contributed by atoms with van der Waals surface area (Å²) < 4.78 is 10.6. The predicted molar refractivity (Wildman–Crippen MR) is 93.4 cm³/mol. The lowest BCUT2D eigenvalue weighted by Gasteiger charge is -2.18. The number of esters is 1. The second kappa shape index (κ2) is 8.18. The lowest BCUT2D eigenvalue weighted by molar-refractivity contribution is -0.137. The molecule has 0 radical (unpaired) electrons. The molecule has 0 saturated carbocycles. The zero-order valence-electron chi connectivity index (χ0n) is 13.8. The maximum Gasteiger partial charge on any atom is 0.330 e. The van der Waals surface area contributed by atoms with Crippen LogP contribution in [0.1, 0.15) is 23.6 Å². The molecular formula is C20H22O3. The van der Waals surface area contributed by atoms with Gasteiger partial charge in [-0.1, -0.05) is 42.0 Å². The van der Waals surface area contributed by atoms with E-state index in [1.54, 1.807) is 19.1 Å². The molecule has 1 heterocycles. The molecule has 2 rings (SSSR count). The number of aryl methyl sites for hydroxylation is 2. The van der Waals surface area contributed by atoms with Gasteiger partial charge in [-0.25, -0.2) is 4.79 Å². The first-order chi connectivity index (χ1) is 11.1. The Morgan fingerprint density at radius 3 is 2.78 bits per heavy atom. The summed E-state index contributed by atoms with van der Waals surface area (Å²) in [6.45, 7) is 6.90. The van der Waals surface area contributed by atoms with E-state index in [-0.39, 0.29) is 5.97 Å². The fraction of sp³-hybridized carbons (Fsp3) is 0.250. The molecule has 1 aliphatic rings. The second-order valence-corrected chi connectivity index (χ2v) is 5.36. The monoisotopic (exact) mass is 310 g/mol. The molecule has 0 N–H and O–H groups in total. The van der Waals surface area contributed by atoms with Gasteiger partial charge in [0.25, 0.3) is 0 Å². The molecule has 0 spiro atoms. The highest BCUT2D eigenvalue weighted by atomic mass is 16.5. The summed E-state index contributed by atoms with van der Waals surface area (Å²) in [5.41, 5.74) is 4.64. The molecule has 0 bridgehead atoms. The average Bonchev–Trinajstić information content (AvgIpc) is 2.50. The van der Waals surface area contributed by atoms with Crippen molar-refractivity contribution in [3.63, 3.8) is 0 Å². The van der Waals surface area contributed by atoms with Crippen LogP contribution in [-0.2, 0) is 9.53 Å². The summed E-state index contributed by atoms with van der Waals surface area (Å²) in [5, 5.41) is 0. The Hall–Kier alpha value is -2.55. The van der Waals surface area contributed by atoms with E-state index in [1.807, 2.05) is 18.2 Å².